The van der Waals surface area contributed by atoms with Crippen molar-refractivity contribution in [1.29, 1.82) is 0 Å². The van der Waals surface area contributed by atoms with E-state index in [1.807, 2.05) is 19.1 Å². The second-order valence-electron chi connectivity index (χ2n) is 7.42. The highest BCUT2D eigenvalue weighted by Gasteiger charge is 2.25. The van der Waals surface area contributed by atoms with Gasteiger partial charge in [0, 0.05) is 6.61 Å². The predicted molar refractivity (Wildman–Crippen MR) is 105 cm³/mol. The molecule has 1 aliphatic rings. The molecule has 0 bridgehead atoms. The number of hydrogen-bond acceptors (Lipinski definition) is 3. The fourth-order valence-electron chi connectivity index (χ4n) is 3.84. The Morgan fingerprint density at radius 1 is 0.931 bits per heavy atom. The molecular weight excluding hydrogens is 381 g/mol. The van der Waals surface area contributed by atoms with Crippen molar-refractivity contribution < 1.29 is 27.4 Å². The van der Waals surface area contributed by atoms with Crippen LogP contribution in [0.4, 0.5) is 13.2 Å². The van der Waals surface area contributed by atoms with Crippen molar-refractivity contribution in [1.82, 2.24) is 0 Å². The van der Waals surface area contributed by atoms with Gasteiger partial charge in [-0.15, -0.1) is 0 Å². The normalized spacial score (nSPS) is 19.2. The number of hydrogen-bond donors (Lipinski definition) is 0. The van der Waals surface area contributed by atoms with Crippen LogP contribution in [0.25, 0.3) is 0 Å². The summed E-state index contributed by atoms with van der Waals surface area (Å²) in [4.78, 5) is 0. The van der Waals surface area contributed by atoms with Crippen LogP contribution in [0.15, 0.2) is 30.3 Å². The average Bonchev–Trinajstić information content (AvgIpc) is 2.74. The molecule has 0 unspecified atom stereocenters. The fourth-order valence-corrected chi connectivity index (χ4v) is 3.84. The molecule has 0 saturated heterocycles. The summed E-state index contributed by atoms with van der Waals surface area (Å²) in [5, 5.41) is 0. The third-order valence-corrected chi connectivity index (χ3v) is 5.53. The Balaban J connectivity index is 1.53. The van der Waals surface area contributed by atoms with Gasteiger partial charge in [-0.25, -0.2) is 4.39 Å². The Labute approximate surface area is 169 Å². The number of benzene rings is 2. The average molecular weight is 408 g/mol. The van der Waals surface area contributed by atoms with Gasteiger partial charge in [-0.2, -0.15) is 8.78 Å². The number of methoxy groups -OCH3 is 1. The standard InChI is InChI=1S/C23H27F3O3/c1-3-28-13-16-6-9-18(19(24)12-16)17-7-4-15(5-8-17)14-29-21-11-10-20(27-2)22(25)23(21)26/h6,9-12,15,17H,3-5,7-8,13-14H2,1-2H3. The maximum atomic E-state index is 14.5. The summed E-state index contributed by atoms with van der Waals surface area (Å²) in [5.74, 6) is -2.12. The minimum absolute atomic E-state index is 0.110. The van der Waals surface area contributed by atoms with E-state index in [-0.39, 0.29) is 29.2 Å². The fraction of sp³-hybridized carbons (Fsp3) is 0.478. The van der Waals surface area contributed by atoms with Gasteiger partial charge >= 0.3 is 0 Å². The Kier molecular flexibility index (Phi) is 7.42. The van der Waals surface area contributed by atoms with Crippen molar-refractivity contribution >= 4 is 0 Å². The molecule has 3 rings (SSSR count). The van der Waals surface area contributed by atoms with Crippen LogP contribution in [0.3, 0.4) is 0 Å². The van der Waals surface area contributed by atoms with Crippen LogP contribution in [-0.2, 0) is 11.3 Å². The first kappa shape index (κ1) is 21.5. The third kappa shape index (κ3) is 5.24. The van der Waals surface area contributed by atoms with E-state index in [9.17, 15) is 13.2 Å². The molecule has 1 aliphatic carbocycles. The van der Waals surface area contributed by atoms with Gasteiger partial charge in [0.2, 0.25) is 11.6 Å². The molecule has 1 fully saturated rings. The van der Waals surface area contributed by atoms with Gasteiger partial charge in [-0.3, -0.25) is 0 Å². The van der Waals surface area contributed by atoms with Crippen LogP contribution in [0.2, 0.25) is 0 Å². The minimum Gasteiger partial charge on any atom is -0.494 e. The number of rotatable bonds is 8. The van der Waals surface area contributed by atoms with E-state index >= 15 is 0 Å². The highest BCUT2D eigenvalue weighted by Crippen LogP contribution is 2.37. The molecule has 2 aromatic rings. The van der Waals surface area contributed by atoms with Crippen LogP contribution in [-0.4, -0.2) is 20.3 Å². The van der Waals surface area contributed by atoms with E-state index in [1.165, 1.54) is 19.2 Å². The summed E-state index contributed by atoms with van der Waals surface area (Å²) in [5.41, 5.74) is 1.58. The summed E-state index contributed by atoms with van der Waals surface area (Å²) >= 11 is 0. The first-order valence-corrected chi connectivity index (χ1v) is 10.0. The number of halogens is 3. The lowest BCUT2D eigenvalue weighted by Crippen LogP contribution is -2.20. The summed E-state index contributed by atoms with van der Waals surface area (Å²) in [6, 6.07) is 8.07. The zero-order valence-electron chi connectivity index (χ0n) is 16.8. The predicted octanol–water partition coefficient (Wildman–Crippen LogP) is 6.00. The smallest absolute Gasteiger partial charge is 0.204 e. The zero-order valence-corrected chi connectivity index (χ0v) is 16.8. The van der Waals surface area contributed by atoms with Crippen LogP contribution in [0.1, 0.15) is 49.7 Å². The van der Waals surface area contributed by atoms with Crippen LogP contribution < -0.4 is 9.47 Å². The summed E-state index contributed by atoms with van der Waals surface area (Å²) in [6.45, 7) is 3.24. The molecule has 0 aliphatic heterocycles. The van der Waals surface area contributed by atoms with Gasteiger partial charge in [0.05, 0.1) is 20.3 Å². The number of ether oxygens (including phenoxy) is 3. The van der Waals surface area contributed by atoms with Gasteiger partial charge in [0.25, 0.3) is 0 Å². The molecule has 0 radical (unpaired) electrons. The first-order valence-electron chi connectivity index (χ1n) is 10.0. The van der Waals surface area contributed by atoms with E-state index in [2.05, 4.69) is 0 Å². The van der Waals surface area contributed by atoms with Crippen LogP contribution in [0.5, 0.6) is 11.5 Å². The Morgan fingerprint density at radius 3 is 2.28 bits per heavy atom. The van der Waals surface area contributed by atoms with Crippen molar-refractivity contribution in [3.05, 3.63) is 58.9 Å². The zero-order chi connectivity index (χ0) is 20.8. The van der Waals surface area contributed by atoms with Gasteiger partial charge in [0.1, 0.15) is 5.82 Å². The molecule has 6 heteroatoms. The highest BCUT2D eigenvalue weighted by atomic mass is 19.2. The summed E-state index contributed by atoms with van der Waals surface area (Å²) < 4.78 is 57.9. The molecule has 158 valence electrons. The van der Waals surface area contributed by atoms with Crippen molar-refractivity contribution in [2.45, 2.75) is 45.1 Å². The lowest BCUT2D eigenvalue weighted by Gasteiger charge is -2.29. The third-order valence-electron chi connectivity index (χ3n) is 5.53. The molecule has 2 aromatic carbocycles. The summed E-state index contributed by atoms with van der Waals surface area (Å²) in [7, 11) is 1.28. The molecule has 0 aromatic heterocycles. The molecule has 1 saturated carbocycles. The first-order chi connectivity index (χ1) is 14.0. The van der Waals surface area contributed by atoms with Gasteiger partial charge in [0.15, 0.2) is 11.5 Å². The largest absolute Gasteiger partial charge is 0.494 e. The SMILES string of the molecule is CCOCc1ccc(C2CCC(COc3ccc(OC)c(F)c3F)CC2)c(F)c1. The second-order valence-corrected chi connectivity index (χ2v) is 7.42. The Bertz CT molecular complexity index is 817. The molecule has 0 amide bonds. The quantitative estimate of drug-likeness (QED) is 0.536. The van der Waals surface area contributed by atoms with Crippen molar-refractivity contribution in [3.63, 3.8) is 0 Å². The van der Waals surface area contributed by atoms with E-state index in [0.29, 0.717) is 19.8 Å². The van der Waals surface area contributed by atoms with E-state index in [0.717, 1.165) is 36.8 Å². The topological polar surface area (TPSA) is 27.7 Å². The molecule has 0 heterocycles. The molecule has 3 nitrogen and oxygen atoms in total. The molecular formula is C23H27F3O3. The van der Waals surface area contributed by atoms with Gasteiger partial charge in [-0.1, -0.05) is 12.1 Å². The Hall–Kier alpha value is -2.21. The van der Waals surface area contributed by atoms with Crippen LogP contribution >= 0.6 is 0 Å². The minimum atomic E-state index is -1.04. The van der Waals surface area contributed by atoms with Gasteiger partial charge in [-0.05, 0) is 73.8 Å². The molecule has 0 spiro atoms. The Morgan fingerprint density at radius 2 is 1.62 bits per heavy atom. The lowest BCUT2D eigenvalue weighted by atomic mass is 9.78. The lowest BCUT2D eigenvalue weighted by molar-refractivity contribution is 0.134. The molecule has 0 N–H and O–H groups in total. The van der Waals surface area contributed by atoms with Crippen LogP contribution in [0, 0.1) is 23.4 Å². The second kappa shape index (κ2) is 10.0. The van der Waals surface area contributed by atoms with Crippen molar-refractivity contribution in [2.24, 2.45) is 5.92 Å². The van der Waals surface area contributed by atoms with E-state index < -0.39 is 11.6 Å². The monoisotopic (exact) mass is 408 g/mol. The molecule has 29 heavy (non-hydrogen) atoms. The summed E-state index contributed by atoms with van der Waals surface area (Å²) in [6.07, 6.45) is 3.39. The maximum Gasteiger partial charge on any atom is 0.204 e. The highest BCUT2D eigenvalue weighted by molar-refractivity contribution is 5.35. The van der Waals surface area contributed by atoms with Crippen molar-refractivity contribution in [2.75, 3.05) is 20.3 Å². The van der Waals surface area contributed by atoms with E-state index in [1.54, 1.807) is 6.07 Å². The molecule has 0 atom stereocenters. The van der Waals surface area contributed by atoms with Crippen molar-refractivity contribution in [3.8, 4) is 11.5 Å². The van der Waals surface area contributed by atoms with Gasteiger partial charge < -0.3 is 14.2 Å². The maximum absolute atomic E-state index is 14.5. The van der Waals surface area contributed by atoms with E-state index in [4.69, 9.17) is 14.2 Å².